The Morgan fingerprint density at radius 2 is 1.75 bits per heavy atom. The second-order valence-corrected chi connectivity index (χ2v) is 5.87. The van der Waals surface area contributed by atoms with Gasteiger partial charge in [0.05, 0.1) is 5.69 Å². The van der Waals surface area contributed by atoms with Gasteiger partial charge in [0.15, 0.2) is 0 Å². The van der Waals surface area contributed by atoms with Crippen molar-refractivity contribution in [2.45, 2.75) is 6.54 Å². The molecule has 0 aliphatic heterocycles. The summed E-state index contributed by atoms with van der Waals surface area (Å²) in [6.07, 6.45) is 1.74. The summed E-state index contributed by atoms with van der Waals surface area (Å²) in [6, 6.07) is 14.0. The number of para-hydroxylation sites is 2. The third kappa shape index (κ3) is 3.87. The van der Waals surface area contributed by atoms with Crippen LogP contribution in [0, 0.1) is 0 Å². The summed E-state index contributed by atoms with van der Waals surface area (Å²) in [5, 5.41) is 3.41. The van der Waals surface area contributed by atoms with E-state index in [1.807, 2.05) is 36.4 Å². The first-order valence-electron chi connectivity index (χ1n) is 6.22. The number of ether oxygens (including phenoxy) is 1. The Balaban J connectivity index is 2.13. The van der Waals surface area contributed by atoms with Crippen LogP contribution in [0.2, 0.25) is 0 Å². The van der Waals surface area contributed by atoms with Crippen LogP contribution < -0.4 is 10.1 Å². The quantitative estimate of drug-likeness (QED) is 0.661. The van der Waals surface area contributed by atoms with Gasteiger partial charge in [-0.05, 0) is 50.1 Å². The fourth-order valence-corrected chi connectivity index (χ4v) is 3.07. The number of hydrogen-bond donors (Lipinski definition) is 1. The molecule has 2 nitrogen and oxygen atoms in total. The Morgan fingerprint density at radius 1 is 1.05 bits per heavy atom. The van der Waals surface area contributed by atoms with Gasteiger partial charge in [-0.15, -0.1) is 0 Å². The van der Waals surface area contributed by atoms with Gasteiger partial charge >= 0.3 is 0 Å². The number of nitrogens with one attached hydrogen (secondary N) is 1. The predicted molar refractivity (Wildman–Crippen MR) is 91.3 cm³/mol. The number of benzene rings is 2. The van der Waals surface area contributed by atoms with Crippen molar-refractivity contribution in [3.8, 4) is 5.75 Å². The fourth-order valence-electron chi connectivity index (χ4n) is 1.79. The lowest BCUT2D eigenvalue weighted by Crippen LogP contribution is -2.04. The van der Waals surface area contributed by atoms with E-state index in [9.17, 15) is 0 Å². The Labute approximate surface area is 136 Å². The topological polar surface area (TPSA) is 21.3 Å². The second kappa shape index (κ2) is 7.50. The molecule has 0 radical (unpaired) electrons. The number of halogens is 2. The van der Waals surface area contributed by atoms with E-state index in [0.29, 0.717) is 13.2 Å². The van der Waals surface area contributed by atoms with Crippen LogP contribution >= 0.6 is 31.9 Å². The maximum atomic E-state index is 5.65. The minimum atomic E-state index is 0.510. The third-order valence-electron chi connectivity index (χ3n) is 2.75. The average molecular weight is 397 g/mol. The molecule has 2 aromatic carbocycles. The predicted octanol–water partition coefficient (Wildman–Crippen LogP) is 5.39. The van der Waals surface area contributed by atoms with E-state index in [-0.39, 0.29) is 0 Å². The van der Waals surface area contributed by atoms with Gasteiger partial charge in [0.25, 0.3) is 0 Å². The molecular weight excluding hydrogens is 382 g/mol. The monoisotopic (exact) mass is 395 g/mol. The van der Waals surface area contributed by atoms with Crippen LogP contribution in [0.15, 0.2) is 64.1 Å². The molecule has 0 unspecified atom stereocenters. The van der Waals surface area contributed by atoms with E-state index < -0.39 is 0 Å². The highest BCUT2D eigenvalue weighted by Crippen LogP contribution is 2.31. The average Bonchev–Trinajstić information content (AvgIpc) is 2.45. The van der Waals surface area contributed by atoms with E-state index in [1.165, 1.54) is 0 Å². The van der Waals surface area contributed by atoms with Gasteiger partial charge in [-0.25, -0.2) is 0 Å². The van der Waals surface area contributed by atoms with Crippen molar-refractivity contribution in [1.29, 1.82) is 0 Å². The van der Waals surface area contributed by atoms with Crippen LogP contribution in [0.25, 0.3) is 0 Å². The molecule has 0 heterocycles. The van der Waals surface area contributed by atoms with Crippen molar-refractivity contribution in [3.63, 3.8) is 0 Å². The summed E-state index contributed by atoms with van der Waals surface area (Å²) in [7, 11) is 0. The third-order valence-corrected chi connectivity index (χ3v) is 4.07. The first kappa shape index (κ1) is 15.1. The minimum Gasteiger partial charge on any atom is -0.489 e. The number of rotatable bonds is 6. The molecule has 2 rings (SSSR count). The molecule has 0 atom stereocenters. The number of hydrogen-bond acceptors (Lipinski definition) is 2. The van der Waals surface area contributed by atoms with Gasteiger partial charge in [0.2, 0.25) is 0 Å². The summed E-state index contributed by atoms with van der Waals surface area (Å²) in [5.74, 6) is 0.878. The summed E-state index contributed by atoms with van der Waals surface area (Å²) in [6.45, 7) is 4.87. The molecule has 0 saturated carbocycles. The fraction of sp³-hybridized carbons (Fsp3) is 0.125. The molecule has 2 aromatic rings. The molecule has 0 fully saturated rings. The molecule has 0 bridgehead atoms. The first-order valence-corrected chi connectivity index (χ1v) is 7.80. The lowest BCUT2D eigenvalue weighted by atomic mass is 10.2. The van der Waals surface area contributed by atoms with Crippen LogP contribution in [-0.2, 0) is 6.54 Å². The van der Waals surface area contributed by atoms with Crippen molar-refractivity contribution >= 4 is 37.5 Å². The molecule has 0 aliphatic carbocycles. The zero-order valence-electron chi connectivity index (χ0n) is 10.9. The standard InChI is InChI=1S/C16H15Br2NO/c1-2-10-20-15-9-4-3-6-12(15)11-19-16-13(17)7-5-8-14(16)18/h2-9,19H,1,10-11H2. The van der Waals surface area contributed by atoms with Crippen LogP contribution in [0.1, 0.15) is 5.56 Å². The maximum absolute atomic E-state index is 5.65. The molecule has 0 saturated heterocycles. The van der Waals surface area contributed by atoms with Crippen molar-refractivity contribution in [2.24, 2.45) is 0 Å². The Kier molecular flexibility index (Phi) is 5.68. The molecule has 0 aliphatic rings. The summed E-state index contributed by atoms with van der Waals surface area (Å²) in [4.78, 5) is 0. The van der Waals surface area contributed by atoms with Gasteiger partial charge in [0.1, 0.15) is 12.4 Å². The SMILES string of the molecule is C=CCOc1ccccc1CNc1c(Br)cccc1Br. The Hall–Kier alpha value is -1.26. The van der Waals surface area contributed by atoms with E-state index in [2.05, 4.69) is 49.8 Å². The molecule has 4 heteroatoms. The van der Waals surface area contributed by atoms with Crippen LogP contribution in [-0.4, -0.2) is 6.61 Å². The Bertz CT molecular complexity index is 579. The van der Waals surface area contributed by atoms with E-state index >= 15 is 0 Å². The summed E-state index contributed by atoms with van der Waals surface area (Å²) < 4.78 is 7.70. The first-order chi connectivity index (χ1) is 9.72. The normalized spacial score (nSPS) is 10.1. The number of anilines is 1. The lowest BCUT2D eigenvalue weighted by molar-refractivity contribution is 0.359. The van der Waals surface area contributed by atoms with Crippen LogP contribution in [0.4, 0.5) is 5.69 Å². The van der Waals surface area contributed by atoms with Gasteiger partial charge in [-0.1, -0.05) is 36.9 Å². The summed E-state index contributed by atoms with van der Waals surface area (Å²) in [5.41, 5.74) is 2.14. The lowest BCUT2D eigenvalue weighted by Gasteiger charge is -2.13. The zero-order chi connectivity index (χ0) is 14.4. The summed E-state index contributed by atoms with van der Waals surface area (Å²) >= 11 is 7.09. The highest BCUT2D eigenvalue weighted by Gasteiger charge is 2.06. The molecule has 0 spiro atoms. The maximum Gasteiger partial charge on any atom is 0.124 e. The van der Waals surface area contributed by atoms with Crippen molar-refractivity contribution < 1.29 is 4.74 Å². The van der Waals surface area contributed by atoms with Gasteiger partial charge in [-0.2, -0.15) is 0 Å². The Morgan fingerprint density at radius 3 is 2.45 bits per heavy atom. The minimum absolute atomic E-state index is 0.510. The molecule has 0 amide bonds. The molecule has 20 heavy (non-hydrogen) atoms. The van der Waals surface area contributed by atoms with E-state index in [1.54, 1.807) is 6.08 Å². The van der Waals surface area contributed by atoms with Gasteiger partial charge in [0, 0.05) is 21.1 Å². The molecule has 0 aromatic heterocycles. The van der Waals surface area contributed by atoms with Gasteiger partial charge in [-0.3, -0.25) is 0 Å². The highest BCUT2D eigenvalue weighted by atomic mass is 79.9. The van der Waals surface area contributed by atoms with Crippen LogP contribution in [0.3, 0.4) is 0 Å². The smallest absolute Gasteiger partial charge is 0.124 e. The van der Waals surface area contributed by atoms with Crippen molar-refractivity contribution in [1.82, 2.24) is 0 Å². The van der Waals surface area contributed by atoms with Crippen molar-refractivity contribution in [3.05, 3.63) is 69.6 Å². The molecular formula is C16H15Br2NO. The van der Waals surface area contributed by atoms with E-state index in [4.69, 9.17) is 4.74 Å². The van der Waals surface area contributed by atoms with Crippen molar-refractivity contribution in [2.75, 3.05) is 11.9 Å². The highest BCUT2D eigenvalue weighted by molar-refractivity contribution is 9.11. The zero-order valence-corrected chi connectivity index (χ0v) is 14.1. The van der Waals surface area contributed by atoms with E-state index in [0.717, 1.165) is 25.9 Å². The molecule has 1 N–H and O–H groups in total. The molecule has 104 valence electrons. The second-order valence-electron chi connectivity index (χ2n) is 4.16. The van der Waals surface area contributed by atoms with Crippen LogP contribution in [0.5, 0.6) is 5.75 Å². The largest absolute Gasteiger partial charge is 0.489 e. The van der Waals surface area contributed by atoms with Gasteiger partial charge < -0.3 is 10.1 Å².